The average molecular weight is 373 g/mol. The van der Waals surface area contributed by atoms with Crippen LogP contribution in [0.5, 0.6) is 11.5 Å². The summed E-state index contributed by atoms with van der Waals surface area (Å²) in [4.78, 5) is 24.1. The van der Waals surface area contributed by atoms with Crippen molar-refractivity contribution in [3.05, 3.63) is 18.2 Å². The van der Waals surface area contributed by atoms with Crippen LogP contribution in [0.1, 0.15) is 20.3 Å². The summed E-state index contributed by atoms with van der Waals surface area (Å²) < 4.78 is 35.0. The van der Waals surface area contributed by atoms with Gasteiger partial charge in [-0.1, -0.05) is 0 Å². The van der Waals surface area contributed by atoms with Gasteiger partial charge in [0, 0.05) is 18.5 Å². The Morgan fingerprint density at radius 2 is 1.76 bits per heavy atom. The van der Waals surface area contributed by atoms with Crippen LogP contribution in [0.2, 0.25) is 0 Å². The van der Waals surface area contributed by atoms with E-state index < -0.39 is 34.0 Å². The SMILES string of the molecule is COc1ccc(S(=O)(=O)CCC(=O)N(CC(=O)O)C(C)C)cc1OC. The van der Waals surface area contributed by atoms with Crippen LogP contribution < -0.4 is 9.47 Å². The van der Waals surface area contributed by atoms with Crippen LogP contribution in [0, 0.1) is 0 Å². The molecule has 0 fully saturated rings. The maximum absolute atomic E-state index is 12.4. The number of rotatable bonds is 9. The molecule has 0 heterocycles. The molecule has 0 saturated heterocycles. The Bertz CT molecular complexity index is 728. The fourth-order valence-electron chi connectivity index (χ4n) is 2.20. The summed E-state index contributed by atoms with van der Waals surface area (Å²) in [6, 6.07) is 3.83. The first-order valence-corrected chi connectivity index (χ1v) is 9.23. The standard InChI is InChI=1S/C16H23NO7S/c1-11(2)17(10-16(19)20)15(18)7-8-25(21,22)12-5-6-13(23-3)14(9-12)24-4/h5-6,9,11H,7-8,10H2,1-4H3,(H,19,20). The molecule has 8 nitrogen and oxygen atoms in total. The molecule has 0 aromatic heterocycles. The van der Waals surface area contributed by atoms with E-state index in [1.807, 2.05) is 0 Å². The lowest BCUT2D eigenvalue weighted by atomic mass is 10.3. The summed E-state index contributed by atoms with van der Waals surface area (Å²) in [6.07, 6.45) is -0.303. The molecule has 0 unspecified atom stereocenters. The molecule has 0 spiro atoms. The number of methoxy groups -OCH3 is 2. The summed E-state index contributed by atoms with van der Waals surface area (Å²) in [5.74, 6) is -1.44. The summed E-state index contributed by atoms with van der Waals surface area (Å²) >= 11 is 0. The molecule has 0 radical (unpaired) electrons. The predicted octanol–water partition coefficient (Wildman–Crippen LogP) is 1.19. The molecule has 25 heavy (non-hydrogen) atoms. The van der Waals surface area contributed by atoms with E-state index in [1.165, 1.54) is 32.4 Å². The Morgan fingerprint density at radius 3 is 2.24 bits per heavy atom. The van der Waals surface area contributed by atoms with E-state index >= 15 is 0 Å². The van der Waals surface area contributed by atoms with E-state index in [2.05, 4.69) is 0 Å². The Morgan fingerprint density at radius 1 is 1.16 bits per heavy atom. The summed E-state index contributed by atoms with van der Waals surface area (Å²) in [5.41, 5.74) is 0. The van der Waals surface area contributed by atoms with E-state index in [-0.39, 0.29) is 23.1 Å². The van der Waals surface area contributed by atoms with Gasteiger partial charge in [-0.25, -0.2) is 8.42 Å². The molecule has 0 saturated carbocycles. The highest BCUT2D eigenvalue weighted by Gasteiger charge is 2.24. The van der Waals surface area contributed by atoms with Crippen molar-refractivity contribution in [2.45, 2.75) is 31.2 Å². The van der Waals surface area contributed by atoms with Crippen molar-refractivity contribution >= 4 is 21.7 Å². The molecule has 1 N–H and O–H groups in total. The summed E-state index contributed by atoms with van der Waals surface area (Å²) in [6.45, 7) is 2.88. The number of aliphatic carboxylic acids is 1. The van der Waals surface area contributed by atoms with Gasteiger partial charge in [0.25, 0.3) is 0 Å². The monoisotopic (exact) mass is 373 g/mol. The smallest absolute Gasteiger partial charge is 0.323 e. The Kier molecular flexibility index (Phi) is 7.22. The van der Waals surface area contributed by atoms with Gasteiger partial charge in [0.15, 0.2) is 21.3 Å². The number of amides is 1. The van der Waals surface area contributed by atoms with E-state index in [9.17, 15) is 18.0 Å². The number of carboxylic acids is 1. The van der Waals surface area contributed by atoms with Crippen molar-refractivity contribution < 1.29 is 32.6 Å². The van der Waals surface area contributed by atoms with Gasteiger partial charge in [-0.3, -0.25) is 9.59 Å². The minimum atomic E-state index is -3.73. The zero-order valence-electron chi connectivity index (χ0n) is 14.7. The fourth-order valence-corrected chi connectivity index (χ4v) is 3.44. The first-order valence-electron chi connectivity index (χ1n) is 7.58. The van der Waals surface area contributed by atoms with Gasteiger partial charge in [-0.15, -0.1) is 0 Å². The van der Waals surface area contributed by atoms with E-state index in [0.29, 0.717) is 5.75 Å². The molecule has 0 bridgehead atoms. The molecular formula is C16H23NO7S. The third-order valence-corrected chi connectivity index (χ3v) is 5.26. The van der Waals surface area contributed by atoms with Crippen molar-refractivity contribution in [2.75, 3.05) is 26.5 Å². The van der Waals surface area contributed by atoms with E-state index in [0.717, 1.165) is 4.90 Å². The van der Waals surface area contributed by atoms with Gasteiger partial charge in [0.2, 0.25) is 5.91 Å². The molecule has 140 valence electrons. The van der Waals surface area contributed by atoms with Crippen LogP contribution in [0.4, 0.5) is 0 Å². The first-order chi connectivity index (χ1) is 11.6. The number of ether oxygens (including phenoxy) is 2. The van der Waals surface area contributed by atoms with Crippen LogP contribution in [0.25, 0.3) is 0 Å². The minimum Gasteiger partial charge on any atom is -0.493 e. The molecule has 0 aliphatic carbocycles. The third kappa shape index (κ3) is 5.63. The molecule has 9 heteroatoms. The zero-order chi connectivity index (χ0) is 19.2. The Labute approximate surface area is 147 Å². The number of hydrogen-bond donors (Lipinski definition) is 1. The highest BCUT2D eigenvalue weighted by Crippen LogP contribution is 2.30. The fraction of sp³-hybridized carbons (Fsp3) is 0.500. The predicted molar refractivity (Wildman–Crippen MR) is 90.7 cm³/mol. The highest BCUT2D eigenvalue weighted by molar-refractivity contribution is 7.91. The lowest BCUT2D eigenvalue weighted by Crippen LogP contribution is -2.41. The summed E-state index contributed by atoms with van der Waals surface area (Å²) in [5, 5.41) is 8.86. The van der Waals surface area contributed by atoms with Crippen LogP contribution in [0.3, 0.4) is 0 Å². The molecule has 1 amide bonds. The van der Waals surface area contributed by atoms with E-state index in [4.69, 9.17) is 14.6 Å². The number of carboxylic acid groups (broad SMARTS) is 1. The van der Waals surface area contributed by atoms with Gasteiger partial charge in [-0.2, -0.15) is 0 Å². The number of carbonyl (C=O) groups is 2. The highest BCUT2D eigenvalue weighted by atomic mass is 32.2. The quantitative estimate of drug-likeness (QED) is 0.692. The molecule has 0 atom stereocenters. The molecule has 1 aromatic carbocycles. The molecule has 0 aliphatic rings. The van der Waals surface area contributed by atoms with Gasteiger partial charge < -0.3 is 19.5 Å². The maximum Gasteiger partial charge on any atom is 0.323 e. The summed E-state index contributed by atoms with van der Waals surface area (Å²) in [7, 11) is -0.900. The van der Waals surface area contributed by atoms with Crippen molar-refractivity contribution in [3.8, 4) is 11.5 Å². The molecule has 0 aliphatic heterocycles. The average Bonchev–Trinajstić information content (AvgIpc) is 2.56. The van der Waals surface area contributed by atoms with Crippen LogP contribution in [0.15, 0.2) is 23.1 Å². The second-order valence-electron chi connectivity index (χ2n) is 5.59. The second-order valence-corrected chi connectivity index (χ2v) is 7.70. The Hall–Kier alpha value is -2.29. The number of hydrogen-bond acceptors (Lipinski definition) is 6. The Balaban J connectivity index is 2.91. The molecule has 1 rings (SSSR count). The van der Waals surface area contributed by atoms with Gasteiger partial charge in [-0.05, 0) is 26.0 Å². The van der Waals surface area contributed by atoms with Gasteiger partial charge >= 0.3 is 5.97 Å². The zero-order valence-corrected chi connectivity index (χ0v) is 15.5. The second kappa shape index (κ2) is 8.70. The van der Waals surface area contributed by atoms with Crippen molar-refractivity contribution in [1.82, 2.24) is 4.90 Å². The van der Waals surface area contributed by atoms with Gasteiger partial charge in [0.1, 0.15) is 6.54 Å². The lowest BCUT2D eigenvalue weighted by molar-refractivity contribution is -0.145. The van der Waals surface area contributed by atoms with E-state index in [1.54, 1.807) is 13.8 Å². The number of sulfone groups is 1. The lowest BCUT2D eigenvalue weighted by Gasteiger charge is -2.24. The third-order valence-electron chi connectivity index (χ3n) is 3.55. The van der Waals surface area contributed by atoms with Crippen molar-refractivity contribution in [1.29, 1.82) is 0 Å². The van der Waals surface area contributed by atoms with Crippen molar-refractivity contribution in [2.24, 2.45) is 0 Å². The van der Waals surface area contributed by atoms with Crippen molar-refractivity contribution in [3.63, 3.8) is 0 Å². The number of nitrogens with zero attached hydrogens (tertiary/aromatic N) is 1. The maximum atomic E-state index is 12.4. The molecular weight excluding hydrogens is 350 g/mol. The van der Waals surface area contributed by atoms with Gasteiger partial charge in [0.05, 0.1) is 24.9 Å². The number of benzene rings is 1. The van der Waals surface area contributed by atoms with Crippen LogP contribution >= 0.6 is 0 Å². The van der Waals surface area contributed by atoms with Crippen LogP contribution in [-0.2, 0) is 19.4 Å². The largest absolute Gasteiger partial charge is 0.493 e. The first kappa shape index (κ1) is 20.8. The topological polar surface area (TPSA) is 110 Å². The normalized spacial score (nSPS) is 11.2. The minimum absolute atomic E-state index is 0.00674. The molecule has 1 aromatic rings. The van der Waals surface area contributed by atoms with Crippen LogP contribution in [-0.4, -0.2) is 62.9 Å². The number of carbonyl (C=O) groups excluding carboxylic acids is 1.